The molecular formula is C9H15ClN4OS. The zero-order valence-electron chi connectivity index (χ0n) is 9.31. The van der Waals surface area contributed by atoms with Crippen LogP contribution in [0.1, 0.15) is 18.9 Å². The smallest absolute Gasteiger partial charge is 0.231 e. The molecular weight excluding hydrogens is 248 g/mol. The van der Waals surface area contributed by atoms with E-state index in [0.29, 0.717) is 16.9 Å². The highest BCUT2D eigenvalue weighted by Crippen LogP contribution is 2.16. The van der Waals surface area contributed by atoms with Gasteiger partial charge in [-0.25, -0.2) is 0 Å². The van der Waals surface area contributed by atoms with Crippen molar-refractivity contribution in [1.29, 1.82) is 0 Å². The van der Waals surface area contributed by atoms with E-state index in [1.807, 2.05) is 4.90 Å². The molecule has 0 aromatic carbocycles. The van der Waals surface area contributed by atoms with E-state index in [-0.39, 0.29) is 12.5 Å². The van der Waals surface area contributed by atoms with E-state index in [2.05, 4.69) is 24.0 Å². The molecule has 2 N–H and O–H groups in total. The average molecular weight is 263 g/mol. The van der Waals surface area contributed by atoms with Crippen LogP contribution in [0.2, 0.25) is 4.47 Å². The molecule has 1 aromatic heterocycles. The molecule has 0 saturated heterocycles. The van der Waals surface area contributed by atoms with Gasteiger partial charge in [0.25, 0.3) is 0 Å². The third-order valence-electron chi connectivity index (χ3n) is 1.80. The summed E-state index contributed by atoms with van der Waals surface area (Å²) in [7, 11) is 0. The topological polar surface area (TPSA) is 72.1 Å². The molecule has 1 amide bonds. The molecule has 1 heterocycles. The summed E-state index contributed by atoms with van der Waals surface area (Å²) >= 11 is 7.01. The summed E-state index contributed by atoms with van der Waals surface area (Å²) in [6.07, 6.45) is 0. The molecule has 16 heavy (non-hydrogen) atoms. The summed E-state index contributed by atoms with van der Waals surface area (Å²) < 4.78 is 0.415. The molecule has 0 spiro atoms. The van der Waals surface area contributed by atoms with E-state index in [1.165, 1.54) is 11.3 Å². The number of aromatic nitrogens is 2. The Bertz CT molecular complexity index is 355. The largest absolute Gasteiger partial charge is 0.369 e. The molecule has 1 aromatic rings. The quantitative estimate of drug-likeness (QED) is 0.834. The molecule has 0 aliphatic heterocycles. The first-order valence-corrected chi connectivity index (χ1v) is 6.15. The highest BCUT2D eigenvalue weighted by Gasteiger charge is 2.13. The third kappa shape index (κ3) is 4.87. The van der Waals surface area contributed by atoms with Crippen molar-refractivity contribution in [3.63, 3.8) is 0 Å². The predicted octanol–water partition coefficient (Wildman–Crippen LogP) is 1.13. The first-order valence-electron chi connectivity index (χ1n) is 4.96. The molecule has 0 bridgehead atoms. The number of halogens is 1. The minimum atomic E-state index is -0.337. The Labute approximate surface area is 104 Å². The van der Waals surface area contributed by atoms with Gasteiger partial charge in [0.2, 0.25) is 10.4 Å². The summed E-state index contributed by atoms with van der Waals surface area (Å²) in [4.78, 5) is 12.9. The Balaban J connectivity index is 2.58. The SMILES string of the molecule is CC(C)CN(CC(N)=O)Cc1nnc(Cl)s1. The standard InChI is InChI=1S/C9H15ClN4OS/c1-6(2)3-14(4-7(11)15)5-8-12-13-9(10)16-8/h6H,3-5H2,1-2H3,(H2,11,15). The Morgan fingerprint density at radius 2 is 2.25 bits per heavy atom. The predicted molar refractivity (Wildman–Crippen MR) is 64.2 cm³/mol. The van der Waals surface area contributed by atoms with Crippen molar-refractivity contribution < 1.29 is 4.79 Å². The highest BCUT2D eigenvalue weighted by atomic mass is 35.5. The highest BCUT2D eigenvalue weighted by molar-refractivity contribution is 7.15. The van der Waals surface area contributed by atoms with Crippen LogP contribution in [0.3, 0.4) is 0 Å². The number of primary amides is 1. The zero-order valence-corrected chi connectivity index (χ0v) is 10.9. The van der Waals surface area contributed by atoms with Crippen molar-refractivity contribution in [2.24, 2.45) is 11.7 Å². The van der Waals surface area contributed by atoms with Gasteiger partial charge in [-0.15, -0.1) is 10.2 Å². The molecule has 0 fully saturated rings. The molecule has 0 unspecified atom stereocenters. The number of carbonyl (C=O) groups is 1. The molecule has 0 aliphatic rings. The summed E-state index contributed by atoms with van der Waals surface area (Å²) in [5, 5.41) is 8.43. The second-order valence-electron chi connectivity index (χ2n) is 3.98. The molecule has 0 saturated carbocycles. The zero-order chi connectivity index (χ0) is 12.1. The van der Waals surface area contributed by atoms with Gasteiger partial charge in [0.1, 0.15) is 5.01 Å². The van der Waals surface area contributed by atoms with E-state index in [0.717, 1.165) is 11.6 Å². The van der Waals surface area contributed by atoms with Gasteiger partial charge in [0.05, 0.1) is 13.1 Å². The normalized spacial score (nSPS) is 11.3. The van der Waals surface area contributed by atoms with Crippen molar-refractivity contribution in [1.82, 2.24) is 15.1 Å². The Hall–Kier alpha value is -0.720. The van der Waals surface area contributed by atoms with E-state index < -0.39 is 0 Å². The van der Waals surface area contributed by atoms with Gasteiger partial charge in [0.15, 0.2) is 0 Å². The second kappa shape index (κ2) is 6.12. The molecule has 5 nitrogen and oxygen atoms in total. The van der Waals surface area contributed by atoms with E-state index >= 15 is 0 Å². The van der Waals surface area contributed by atoms with Crippen LogP contribution in [0.4, 0.5) is 0 Å². The number of amides is 1. The summed E-state index contributed by atoms with van der Waals surface area (Å²) in [6, 6.07) is 0. The maximum atomic E-state index is 10.9. The number of nitrogens with two attached hydrogens (primary N) is 1. The van der Waals surface area contributed by atoms with Gasteiger partial charge in [-0.3, -0.25) is 9.69 Å². The molecule has 0 aliphatic carbocycles. The van der Waals surface area contributed by atoms with Crippen LogP contribution >= 0.6 is 22.9 Å². The summed E-state index contributed by atoms with van der Waals surface area (Å²) in [5.41, 5.74) is 5.19. The average Bonchev–Trinajstić information content (AvgIpc) is 2.48. The van der Waals surface area contributed by atoms with Crippen LogP contribution in [0.5, 0.6) is 0 Å². The number of nitrogens with zero attached hydrogens (tertiary/aromatic N) is 3. The molecule has 90 valence electrons. The van der Waals surface area contributed by atoms with Crippen LogP contribution in [0.25, 0.3) is 0 Å². The number of rotatable bonds is 6. The summed E-state index contributed by atoms with van der Waals surface area (Å²) in [5.74, 6) is 0.124. The number of carbonyl (C=O) groups excluding carboxylic acids is 1. The van der Waals surface area contributed by atoms with Crippen LogP contribution in [-0.2, 0) is 11.3 Å². The number of hydrogen-bond donors (Lipinski definition) is 1. The summed E-state index contributed by atoms with van der Waals surface area (Å²) in [6.45, 7) is 5.75. The van der Waals surface area contributed by atoms with Crippen molar-refractivity contribution in [3.05, 3.63) is 9.47 Å². The fraction of sp³-hybridized carbons (Fsp3) is 0.667. The van der Waals surface area contributed by atoms with Crippen LogP contribution in [0, 0.1) is 5.92 Å². The second-order valence-corrected chi connectivity index (χ2v) is 5.62. The lowest BCUT2D eigenvalue weighted by Crippen LogP contribution is -2.35. The lowest BCUT2D eigenvalue weighted by atomic mass is 10.2. The Morgan fingerprint density at radius 1 is 1.56 bits per heavy atom. The Morgan fingerprint density at radius 3 is 2.69 bits per heavy atom. The van der Waals surface area contributed by atoms with Crippen LogP contribution in [-0.4, -0.2) is 34.1 Å². The monoisotopic (exact) mass is 262 g/mol. The van der Waals surface area contributed by atoms with Crippen molar-refractivity contribution in [2.45, 2.75) is 20.4 Å². The maximum Gasteiger partial charge on any atom is 0.231 e. The van der Waals surface area contributed by atoms with Crippen molar-refractivity contribution in [3.8, 4) is 0 Å². The number of hydrogen-bond acceptors (Lipinski definition) is 5. The van der Waals surface area contributed by atoms with Gasteiger partial charge in [-0.2, -0.15) is 0 Å². The van der Waals surface area contributed by atoms with E-state index in [9.17, 15) is 4.79 Å². The van der Waals surface area contributed by atoms with E-state index in [4.69, 9.17) is 17.3 Å². The minimum Gasteiger partial charge on any atom is -0.369 e. The van der Waals surface area contributed by atoms with Gasteiger partial charge in [-0.1, -0.05) is 25.2 Å². The van der Waals surface area contributed by atoms with Gasteiger partial charge in [-0.05, 0) is 17.5 Å². The van der Waals surface area contributed by atoms with Gasteiger partial charge >= 0.3 is 0 Å². The lowest BCUT2D eigenvalue weighted by Gasteiger charge is -2.21. The maximum absolute atomic E-state index is 10.9. The van der Waals surface area contributed by atoms with Gasteiger partial charge in [0, 0.05) is 6.54 Å². The van der Waals surface area contributed by atoms with Crippen molar-refractivity contribution in [2.75, 3.05) is 13.1 Å². The first-order chi connectivity index (χ1) is 7.47. The Kier molecular flexibility index (Phi) is 5.11. The molecule has 0 radical (unpaired) electrons. The third-order valence-corrected chi connectivity index (χ3v) is 2.81. The van der Waals surface area contributed by atoms with E-state index in [1.54, 1.807) is 0 Å². The van der Waals surface area contributed by atoms with Crippen LogP contribution < -0.4 is 5.73 Å². The molecule has 0 atom stereocenters. The fourth-order valence-electron chi connectivity index (χ4n) is 1.41. The van der Waals surface area contributed by atoms with Crippen molar-refractivity contribution >= 4 is 28.8 Å². The fourth-order valence-corrected chi connectivity index (χ4v) is 2.32. The lowest BCUT2D eigenvalue weighted by molar-refractivity contribution is -0.119. The molecule has 1 rings (SSSR count). The molecule has 7 heteroatoms. The first kappa shape index (κ1) is 13.3. The minimum absolute atomic E-state index is 0.232. The van der Waals surface area contributed by atoms with Gasteiger partial charge < -0.3 is 5.73 Å². The van der Waals surface area contributed by atoms with Crippen LogP contribution in [0.15, 0.2) is 0 Å².